The second-order valence-corrected chi connectivity index (χ2v) is 10.2. The van der Waals surface area contributed by atoms with Gasteiger partial charge in [0, 0.05) is 24.2 Å². The van der Waals surface area contributed by atoms with Crippen LogP contribution >= 0.6 is 0 Å². The van der Waals surface area contributed by atoms with Crippen LogP contribution in [0, 0.1) is 5.92 Å². The van der Waals surface area contributed by atoms with Crippen molar-refractivity contribution in [3.63, 3.8) is 0 Å². The lowest BCUT2D eigenvalue weighted by molar-refractivity contribution is 0.0394. The van der Waals surface area contributed by atoms with E-state index in [-0.39, 0.29) is 23.9 Å². The first-order valence-electron chi connectivity index (χ1n) is 12.6. The Morgan fingerprint density at radius 2 is 1.67 bits per heavy atom. The average molecular weight is 450 g/mol. The molecule has 0 amide bonds. The monoisotopic (exact) mass is 449 g/mol. The van der Waals surface area contributed by atoms with Crippen molar-refractivity contribution in [1.29, 1.82) is 0 Å². The number of benzene rings is 1. The van der Waals surface area contributed by atoms with Gasteiger partial charge in [-0.25, -0.2) is 9.78 Å². The summed E-state index contributed by atoms with van der Waals surface area (Å²) in [5.74, 6) is 0.0520. The van der Waals surface area contributed by atoms with Gasteiger partial charge in [-0.1, -0.05) is 24.3 Å². The Bertz CT molecular complexity index is 1100. The van der Waals surface area contributed by atoms with Crippen LogP contribution in [0.1, 0.15) is 81.7 Å². The molecule has 0 spiro atoms. The highest BCUT2D eigenvalue weighted by molar-refractivity contribution is 5.89. The van der Waals surface area contributed by atoms with Crippen LogP contribution in [0.3, 0.4) is 0 Å². The number of para-hydroxylation sites is 2. The number of allylic oxidation sites excluding steroid dienone is 1. The largest absolute Gasteiger partial charge is 0.461 e. The molecule has 3 atom stereocenters. The van der Waals surface area contributed by atoms with Gasteiger partial charge in [-0.3, -0.25) is 9.69 Å². The van der Waals surface area contributed by atoms with Crippen LogP contribution in [0.5, 0.6) is 0 Å². The summed E-state index contributed by atoms with van der Waals surface area (Å²) in [4.78, 5) is 33.2. The molecule has 3 heterocycles. The molecule has 2 saturated heterocycles. The maximum absolute atomic E-state index is 13.5. The highest BCUT2D eigenvalue weighted by Crippen LogP contribution is 2.45. The van der Waals surface area contributed by atoms with Crippen LogP contribution in [-0.2, 0) is 4.74 Å². The van der Waals surface area contributed by atoms with Gasteiger partial charge in [0.2, 0.25) is 5.69 Å². The van der Waals surface area contributed by atoms with Gasteiger partial charge in [-0.2, -0.15) is 0 Å². The number of rotatable bonds is 5. The Morgan fingerprint density at radius 1 is 1.03 bits per heavy atom. The van der Waals surface area contributed by atoms with Crippen molar-refractivity contribution in [3.8, 4) is 0 Å². The Balaban J connectivity index is 1.44. The van der Waals surface area contributed by atoms with Crippen molar-refractivity contribution in [2.45, 2.75) is 89.4 Å². The van der Waals surface area contributed by atoms with Gasteiger partial charge in [0.25, 0.3) is 5.56 Å². The molecular formula is C27H35N3O3. The molecule has 1 aromatic heterocycles. The van der Waals surface area contributed by atoms with E-state index in [4.69, 9.17) is 4.74 Å². The number of ether oxygens (including phenoxy) is 1. The van der Waals surface area contributed by atoms with Gasteiger partial charge in [-0.15, -0.1) is 0 Å². The summed E-state index contributed by atoms with van der Waals surface area (Å²) in [6.45, 7) is 8.32. The minimum absolute atomic E-state index is 0.0825. The number of nitrogens with zero attached hydrogens (tertiary/aromatic N) is 3. The Hall–Kier alpha value is -2.47. The first-order chi connectivity index (χ1) is 16.0. The average Bonchev–Trinajstić information content (AvgIpc) is 3.08. The third kappa shape index (κ3) is 4.03. The molecule has 33 heavy (non-hydrogen) atoms. The second-order valence-electron chi connectivity index (χ2n) is 10.2. The molecule has 1 unspecified atom stereocenters. The van der Waals surface area contributed by atoms with Crippen LogP contribution < -0.4 is 5.56 Å². The molecular weight excluding hydrogens is 414 g/mol. The SMILES string of the molecule is C=C(C)C1CCC(N2[C@@H]3CC[C@H]2CC(n2c(=O)c(C(=O)OCC)nc4ccccc42)C3)CC1. The molecule has 2 aliphatic heterocycles. The number of aromatic nitrogens is 2. The highest BCUT2D eigenvalue weighted by atomic mass is 16.5. The molecule has 5 rings (SSSR count). The van der Waals surface area contributed by atoms with Crippen molar-refractivity contribution in [1.82, 2.24) is 14.5 Å². The van der Waals surface area contributed by atoms with Gasteiger partial charge in [-0.05, 0) is 83.3 Å². The van der Waals surface area contributed by atoms with E-state index in [2.05, 4.69) is 23.4 Å². The molecule has 0 N–H and O–H groups in total. The minimum atomic E-state index is -0.628. The van der Waals surface area contributed by atoms with Crippen LogP contribution in [0.2, 0.25) is 0 Å². The number of hydrogen-bond donors (Lipinski definition) is 0. The lowest BCUT2D eigenvalue weighted by Crippen LogP contribution is -2.51. The Morgan fingerprint density at radius 3 is 2.30 bits per heavy atom. The van der Waals surface area contributed by atoms with Crippen molar-refractivity contribution in [2.75, 3.05) is 6.61 Å². The zero-order valence-electron chi connectivity index (χ0n) is 19.8. The highest BCUT2D eigenvalue weighted by Gasteiger charge is 2.45. The molecule has 1 aromatic carbocycles. The van der Waals surface area contributed by atoms with Gasteiger partial charge in [0.15, 0.2) is 0 Å². The van der Waals surface area contributed by atoms with E-state index in [0.717, 1.165) is 18.4 Å². The van der Waals surface area contributed by atoms with Crippen LogP contribution in [-0.4, -0.2) is 45.2 Å². The van der Waals surface area contributed by atoms with E-state index >= 15 is 0 Å². The topological polar surface area (TPSA) is 64.4 Å². The standard InChI is InChI=1S/C27H35N3O3/c1-4-33-27(32)25-26(31)30(24-8-6-5-7-23(24)28-25)22-15-20-13-14-21(16-22)29(20)19-11-9-18(10-12-19)17(2)3/h5-8,18-22H,2,4,9-16H2,1,3H3/t18?,19?,20-,21+,22?. The van der Waals surface area contributed by atoms with Crippen LogP contribution in [0.25, 0.3) is 11.0 Å². The summed E-state index contributed by atoms with van der Waals surface area (Å²) in [6.07, 6.45) is 9.29. The van der Waals surface area contributed by atoms with Gasteiger partial charge >= 0.3 is 5.97 Å². The molecule has 0 radical (unpaired) electrons. The smallest absolute Gasteiger partial charge is 0.362 e. The number of carbonyl (C=O) groups is 1. The fraction of sp³-hybridized carbons (Fsp3) is 0.593. The normalized spacial score (nSPS) is 29.8. The van der Waals surface area contributed by atoms with E-state index < -0.39 is 5.97 Å². The van der Waals surface area contributed by atoms with Gasteiger partial charge in [0.1, 0.15) is 0 Å². The lowest BCUT2D eigenvalue weighted by atomic mass is 9.80. The maximum atomic E-state index is 13.5. The summed E-state index contributed by atoms with van der Waals surface area (Å²) in [5, 5.41) is 0. The first kappa shape index (κ1) is 22.3. The Labute approximate surface area is 195 Å². The zero-order chi connectivity index (χ0) is 23.1. The molecule has 1 saturated carbocycles. The molecule has 1 aliphatic carbocycles. The molecule has 176 valence electrons. The van der Waals surface area contributed by atoms with Crippen LogP contribution in [0.15, 0.2) is 41.2 Å². The van der Waals surface area contributed by atoms with Crippen molar-refractivity contribution in [2.24, 2.45) is 5.92 Å². The van der Waals surface area contributed by atoms with E-state index in [0.29, 0.717) is 29.6 Å². The first-order valence-corrected chi connectivity index (χ1v) is 12.6. The summed E-state index contributed by atoms with van der Waals surface area (Å²) in [5.41, 5.74) is 2.41. The number of hydrogen-bond acceptors (Lipinski definition) is 5. The molecule has 6 nitrogen and oxygen atoms in total. The number of fused-ring (bicyclic) bond motifs is 3. The van der Waals surface area contributed by atoms with Crippen molar-refractivity contribution in [3.05, 3.63) is 52.5 Å². The molecule has 3 fully saturated rings. The summed E-state index contributed by atoms with van der Waals surface area (Å²) in [6, 6.07) is 9.40. The third-order valence-corrected chi connectivity index (χ3v) is 8.21. The summed E-state index contributed by atoms with van der Waals surface area (Å²) < 4.78 is 7.00. The predicted molar refractivity (Wildman–Crippen MR) is 129 cm³/mol. The Kier molecular flexibility index (Phi) is 6.12. The fourth-order valence-corrected chi connectivity index (χ4v) is 6.71. The van der Waals surface area contributed by atoms with E-state index in [1.165, 1.54) is 44.1 Å². The van der Waals surface area contributed by atoms with Gasteiger partial charge in [0.05, 0.1) is 17.6 Å². The summed E-state index contributed by atoms with van der Waals surface area (Å²) >= 11 is 0. The van der Waals surface area contributed by atoms with E-state index in [1.54, 1.807) is 6.92 Å². The fourth-order valence-electron chi connectivity index (χ4n) is 6.71. The molecule has 2 aromatic rings. The lowest BCUT2D eigenvalue weighted by Gasteiger charge is -2.46. The third-order valence-electron chi connectivity index (χ3n) is 8.21. The van der Waals surface area contributed by atoms with E-state index in [9.17, 15) is 9.59 Å². The number of carbonyl (C=O) groups excluding carboxylic acids is 1. The van der Waals surface area contributed by atoms with Gasteiger partial charge < -0.3 is 9.30 Å². The quantitative estimate of drug-likeness (QED) is 0.481. The van der Waals surface area contributed by atoms with Crippen LogP contribution in [0.4, 0.5) is 0 Å². The summed E-state index contributed by atoms with van der Waals surface area (Å²) in [7, 11) is 0. The maximum Gasteiger partial charge on any atom is 0.362 e. The van der Waals surface area contributed by atoms with Crippen molar-refractivity contribution < 1.29 is 9.53 Å². The zero-order valence-corrected chi connectivity index (χ0v) is 19.8. The molecule has 2 bridgehead atoms. The molecule has 6 heteroatoms. The molecule has 3 aliphatic rings. The second kappa shape index (κ2) is 9.05. The predicted octanol–water partition coefficient (Wildman–Crippen LogP) is 4.88. The van der Waals surface area contributed by atoms with E-state index in [1.807, 2.05) is 28.8 Å². The minimum Gasteiger partial charge on any atom is -0.461 e. The number of piperidine rings is 1. The number of esters is 1. The van der Waals surface area contributed by atoms with Crippen molar-refractivity contribution >= 4 is 17.0 Å².